The maximum atomic E-state index is 13.2. The molecule has 10 heteroatoms. The van der Waals surface area contributed by atoms with E-state index in [-0.39, 0.29) is 28.6 Å². The van der Waals surface area contributed by atoms with E-state index in [9.17, 15) is 14.0 Å². The molecule has 1 aromatic carbocycles. The van der Waals surface area contributed by atoms with E-state index >= 15 is 0 Å². The smallest absolute Gasteiger partial charge is 0.317 e. The molecule has 2 N–H and O–H groups in total. The minimum atomic E-state index is -0.413. The van der Waals surface area contributed by atoms with Crippen molar-refractivity contribution in [3.8, 4) is 11.8 Å². The predicted molar refractivity (Wildman–Crippen MR) is 135 cm³/mol. The Balaban J connectivity index is 1.45. The Hall–Kier alpha value is -3.90. The number of nitrogens with zero attached hydrogens (tertiary/aromatic N) is 4. The van der Waals surface area contributed by atoms with Gasteiger partial charge >= 0.3 is 6.03 Å². The number of nitrogens with one attached hydrogen (secondary N) is 2. The first-order valence-corrected chi connectivity index (χ1v) is 12.0. The summed E-state index contributed by atoms with van der Waals surface area (Å²) in [5, 5.41) is 10.2. The first-order chi connectivity index (χ1) is 17.4. The highest BCUT2D eigenvalue weighted by molar-refractivity contribution is 6.34. The molecule has 1 aliphatic heterocycles. The Labute approximate surface area is 213 Å². The second-order valence-electron chi connectivity index (χ2n) is 8.44. The molecule has 3 aromatic rings. The molecule has 0 aliphatic carbocycles. The van der Waals surface area contributed by atoms with E-state index in [1.807, 2.05) is 19.9 Å². The molecule has 0 unspecified atom stereocenters. The number of aromatic nitrogens is 3. The van der Waals surface area contributed by atoms with Gasteiger partial charge in [0, 0.05) is 37.0 Å². The average molecular weight is 509 g/mol. The zero-order chi connectivity index (χ0) is 25.7. The van der Waals surface area contributed by atoms with Crippen molar-refractivity contribution in [2.24, 2.45) is 0 Å². The molecule has 3 amide bonds. The SMILES string of the molecule is CCNC(=O)N1CCC(n2ncc(Cl)c2C(=O)Nc2ncc(C#Cc3ccc(F)cc3)cc2C)CC1. The lowest BCUT2D eigenvalue weighted by molar-refractivity contribution is 0.100. The Kier molecular flexibility index (Phi) is 7.86. The Bertz CT molecular complexity index is 1320. The van der Waals surface area contributed by atoms with Crippen LogP contribution >= 0.6 is 11.6 Å². The Morgan fingerprint density at radius 3 is 2.50 bits per heavy atom. The number of aryl methyl sites for hydroxylation is 1. The van der Waals surface area contributed by atoms with E-state index in [0.717, 1.165) is 5.56 Å². The molecule has 0 radical (unpaired) electrons. The summed E-state index contributed by atoms with van der Waals surface area (Å²) < 4.78 is 14.7. The summed E-state index contributed by atoms with van der Waals surface area (Å²) in [6.45, 7) is 5.41. The molecular weight excluding hydrogens is 483 g/mol. The molecule has 0 bridgehead atoms. The normalized spacial score (nSPS) is 13.6. The number of amides is 3. The van der Waals surface area contributed by atoms with Gasteiger partial charge in [-0.3, -0.25) is 9.48 Å². The summed E-state index contributed by atoms with van der Waals surface area (Å²) in [5.74, 6) is 5.62. The molecule has 0 atom stereocenters. The lowest BCUT2D eigenvalue weighted by Gasteiger charge is -2.32. The minimum absolute atomic E-state index is 0.0536. The van der Waals surface area contributed by atoms with Gasteiger partial charge in [-0.1, -0.05) is 23.4 Å². The molecule has 36 heavy (non-hydrogen) atoms. The number of piperidine rings is 1. The molecule has 186 valence electrons. The third-order valence-corrected chi connectivity index (χ3v) is 6.17. The van der Waals surface area contributed by atoms with Gasteiger partial charge in [0.05, 0.1) is 17.3 Å². The molecular formula is C26H26ClFN6O2. The number of benzene rings is 1. The van der Waals surface area contributed by atoms with Gasteiger partial charge in [0.1, 0.15) is 17.3 Å². The van der Waals surface area contributed by atoms with Crippen LogP contribution in [0.3, 0.4) is 0 Å². The molecule has 3 heterocycles. The number of carbonyl (C=O) groups is 2. The van der Waals surface area contributed by atoms with Crippen molar-refractivity contribution in [3.63, 3.8) is 0 Å². The van der Waals surface area contributed by atoms with Crippen LogP contribution in [0.25, 0.3) is 0 Å². The molecule has 0 saturated carbocycles. The van der Waals surface area contributed by atoms with Crippen LogP contribution in [-0.2, 0) is 0 Å². The molecule has 1 fully saturated rings. The summed E-state index contributed by atoms with van der Waals surface area (Å²) in [6.07, 6.45) is 4.35. The maximum absolute atomic E-state index is 13.2. The van der Waals surface area contributed by atoms with Gasteiger partial charge in [0.2, 0.25) is 0 Å². The second kappa shape index (κ2) is 11.2. The van der Waals surface area contributed by atoms with E-state index in [1.54, 1.807) is 27.9 Å². The van der Waals surface area contributed by atoms with Crippen LogP contribution < -0.4 is 10.6 Å². The van der Waals surface area contributed by atoms with Gasteiger partial charge < -0.3 is 15.5 Å². The summed E-state index contributed by atoms with van der Waals surface area (Å²) in [4.78, 5) is 31.4. The van der Waals surface area contributed by atoms with Crippen molar-refractivity contribution in [1.29, 1.82) is 0 Å². The molecule has 0 spiro atoms. The number of likely N-dealkylation sites (tertiary alicyclic amines) is 1. The van der Waals surface area contributed by atoms with E-state index in [4.69, 9.17) is 11.6 Å². The standard InChI is InChI=1S/C26H26ClFN6O2/c1-3-29-26(36)33-12-10-21(11-13-33)34-23(22(27)16-31-34)25(35)32-24-17(2)14-19(15-30-24)5-4-18-6-8-20(28)9-7-18/h6-9,14-16,21H,3,10-13H2,1-2H3,(H,29,36)(H,30,32,35). The number of urea groups is 1. The van der Waals surface area contributed by atoms with Gasteiger partial charge in [-0.15, -0.1) is 0 Å². The van der Waals surface area contributed by atoms with Crippen LogP contribution in [0.5, 0.6) is 0 Å². The van der Waals surface area contributed by atoms with Crippen molar-refractivity contribution in [2.75, 3.05) is 25.0 Å². The molecule has 4 rings (SSSR count). The highest BCUT2D eigenvalue weighted by Gasteiger charge is 2.28. The minimum Gasteiger partial charge on any atom is -0.338 e. The number of halogens is 2. The summed E-state index contributed by atoms with van der Waals surface area (Å²) in [5.41, 5.74) is 2.34. The fourth-order valence-electron chi connectivity index (χ4n) is 4.03. The van der Waals surface area contributed by atoms with Gasteiger partial charge in [-0.25, -0.2) is 14.2 Å². The predicted octanol–water partition coefficient (Wildman–Crippen LogP) is 4.40. The van der Waals surface area contributed by atoms with E-state index in [1.165, 1.54) is 18.3 Å². The van der Waals surface area contributed by atoms with Crippen LogP contribution in [0.15, 0.2) is 42.7 Å². The number of hydrogen-bond donors (Lipinski definition) is 2. The number of carbonyl (C=O) groups excluding carboxylic acids is 2. The van der Waals surface area contributed by atoms with Gasteiger partial charge in [0.25, 0.3) is 5.91 Å². The third kappa shape index (κ3) is 5.83. The van der Waals surface area contributed by atoms with Crippen molar-refractivity contribution < 1.29 is 14.0 Å². The third-order valence-electron chi connectivity index (χ3n) is 5.90. The Morgan fingerprint density at radius 2 is 1.83 bits per heavy atom. The first kappa shape index (κ1) is 25.2. The van der Waals surface area contributed by atoms with E-state index < -0.39 is 5.91 Å². The van der Waals surface area contributed by atoms with E-state index in [2.05, 4.69) is 32.6 Å². The van der Waals surface area contributed by atoms with Crippen LogP contribution in [0.1, 0.15) is 53.0 Å². The fraction of sp³-hybridized carbons (Fsp3) is 0.308. The average Bonchev–Trinajstić information content (AvgIpc) is 3.27. The molecule has 8 nitrogen and oxygen atoms in total. The number of pyridine rings is 1. The second-order valence-corrected chi connectivity index (χ2v) is 8.85. The summed E-state index contributed by atoms with van der Waals surface area (Å²) in [7, 11) is 0. The van der Waals surface area contributed by atoms with Crippen molar-refractivity contribution in [3.05, 3.63) is 75.9 Å². The van der Waals surface area contributed by atoms with Crippen LogP contribution in [0, 0.1) is 24.6 Å². The highest BCUT2D eigenvalue weighted by atomic mass is 35.5. The zero-order valence-corrected chi connectivity index (χ0v) is 20.8. The lowest BCUT2D eigenvalue weighted by atomic mass is 10.1. The Morgan fingerprint density at radius 1 is 1.14 bits per heavy atom. The van der Waals surface area contributed by atoms with Crippen LogP contribution in [-0.4, -0.2) is 51.2 Å². The van der Waals surface area contributed by atoms with E-state index in [0.29, 0.717) is 49.4 Å². The van der Waals surface area contributed by atoms with Crippen LogP contribution in [0.2, 0.25) is 5.02 Å². The largest absolute Gasteiger partial charge is 0.338 e. The number of anilines is 1. The molecule has 1 saturated heterocycles. The zero-order valence-electron chi connectivity index (χ0n) is 20.0. The van der Waals surface area contributed by atoms with Gasteiger partial charge in [-0.2, -0.15) is 5.10 Å². The van der Waals surface area contributed by atoms with Gasteiger partial charge in [0.15, 0.2) is 0 Å². The summed E-state index contributed by atoms with van der Waals surface area (Å²) >= 11 is 6.34. The van der Waals surface area contributed by atoms with Crippen molar-refractivity contribution in [2.45, 2.75) is 32.7 Å². The number of rotatable bonds is 4. The van der Waals surface area contributed by atoms with Crippen molar-refractivity contribution in [1.82, 2.24) is 25.0 Å². The maximum Gasteiger partial charge on any atom is 0.317 e. The number of hydrogen-bond acceptors (Lipinski definition) is 4. The quantitative estimate of drug-likeness (QED) is 0.511. The lowest BCUT2D eigenvalue weighted by Crippen LogP contribution is -2.45. The summed E-state index contributed by atoms with van der Waals surface area (Å²) in [6, 6.07) is 7.60. The highest BCUT2D eigenvalue weighted by Crippen LogP contribution is 2.27. The van der Waals surface area contributed by atoms with Crippen molar-refractivity contribution >= 4 is 29.4 Å². The molecule has 2 aromatic heterocycles. The monoisotopic (exact) mass is 508 g/mol. The topological polar surface area (TPSA) is 92.2 Å². The van der Waals surface area contributed by atoms with Crippen LogP contribution in [0.4, 0.5) is 15.0 Å². The molecule has 1 aliphatic rings. The van der Waals surface area contributed by atoms with Gasteiger partial charge in [-0.05, 0) is 62.6 Å². The fourth-order valence-corrected chi connectivity index (χ4v) is 4.24. The first-order valence-electron chi connectivity index (χ1n) is 11.7.